The molecule has 1 aliphatic rings. The maximum Gasteiger partial charge on any atom is 0.238 e. The monoisotopic (exact) mass is 296 g/mol. The Kier molecular flexibility index (Phi) is 4.74. The first kappa shape index (κ1) is 15.0. The molecule has 1 saturated heterocycles. The quantitative estimate of drug-likeness (QED) is 0.849. The van der Waals surface area contributed by atoms with Gasteiger partial charge in [0.2, 0.25) is 15.9 Å². The van der Waals surface area contributed by atoms with Gasteiger partial charge in [-0.15, -0.1) is 0 Å². The summed E-state index contributed by atoms with van der Waals surface area (Å²) in [6.45, 7) is 2.15. The first-order valence-electron chi connectivity index (χ1n) is 6.42. The van der Waals surface area contributed by atoms with Crippen molar-refractivity contribution in [2.75, 3.05) is 25.0 Å². The Morgan fingerprint density at radius 2 is 1.80 bits per heavy atom. The van der Waals surface area contributed by atoms with E-state index in [2.05, 4.69) is 16.6 Å². The van der Waals surface area contributed by atoms with Crippen molar-refractivity contribution in [3.63, 3.8) is 0 Å². The minimum Gasteiger partial charge on any atom is -0.325 e. The fraction of sp³-hybridized carbons (Fsp3) is 0.385. The van der Waals surface area contributed by atoms with Gasteiger partial charge in [0.05, 0.1) is 11.4 Å². The number of benzene rings is 1. The lowest BCUT2D eigenvalue weighted by atomic mass is 10.1. The fourth-order valence-corrected chi connectivity index (χ4v) is 2.61. The Morgan fingerprint density at radius 3 is 2.35 bits per heavy atom. The summed E-state index contributed by atoms with van der Waals surface area (Å²) < 4.78 is 22.2. The van der Waals surface area contributed by atoms with Crippen molar-refractivity contribution in [2.45, 2.75) is 17.7 Å². The maximum atomic E-state index is 11.9. The minimum atomic E-state index is -3.70. The van der Waals surface area contributed by atoms with Gasteiger partial charge in [0.25, 0.3) is 0 Å². The lowest BCUT2D eigenvalue weighted by Gasteiger charge is -2.25. The number of carbonyl (C=O) groups is 1. The molecule has 6 nitrogen and oxygen atoms in total. The van der Waals surface area contributed by atoms with Gasteiger partial charge in [-0.2, -0.15) is 0 Å². The number of rotatable bonds is 4. The lowest BCUT2D eigenvalue weighted by Crippen LogP contribution is -2.37. The SMILES string of the molecule is NS(=O)(=O)c1ccc(NC(=O)CN2CC[CH]CC2)cc1. The van der Waals surface area contributed by atoms with Crippen LogP contribution in [0.25, 0.3) is 0 Å². The number of nitrogens with one attached hydrogen (secondary N) is 1. The van der Waals surface area contributed by atoms with Crippen molar-refractivity contribution in [2.24, 2.45) is 5.14 Å². The number of hydrogen-bond acceptors (Lipinski definition) is 4. The molecular weight excluding hydrogens is 278 g/mol. The topological polar surface area (TPSA) is 92.5 Å². The normalized spacial score (nSPS) is 16.9. The molecule has 0 unspecified atom stereocenters. The lowest BCUT2D eigenvalue weighted by molar-refractivity contribution is -0.117. The van der Waals surface area contributed by atoms with E-state index in [4.69, 9.17) is 5.14 Å². The number of likely N-dealkylation sites (tertiary alicyclic amines) is 1. The molecule has 0 bridgehead atoms. The highest BCUT2D eigenvalue weighted by Gasteiger charge is 2.14. The Balaban J connectivity index is 1.91. The molecule has 1 heterocycles. The molecular formula is C13H18N3O3S. The third kappa shape index (κ3) is 4.29. The highest BCUT2D eigenvalue weighted by Crippen LogP contribution is 2.13. The number of amides is 1. The number of anilines is 1. The molecule has 1 amide bonds. The van der Waals surface area contributed by atoms with Gasteiger partial charge in [0.15, 0.2) is 0 Å². The average molecular weight is 296 g/mol. The highest BCUT2D eigenvalue weighted by atomic mass is 32.2. The van der Waals surface area contributed by atoms with Crippen LogP contribution in [0.5, 0.6) is 0 Å². The molecule has 0 saturated carbocycles. The maximum absolute atomic E-state index is 11.9. The molecule has 1 fully saturated rings. The Hall–Kier alpha value is -1.44. The van der Waals surface area contributed by atoms with Gasteiger partial charge in [-0.25, -0.2) is 13.6 Å². The zero-order chi connectivity index (χ0) is 14.6. The highest BCUT2D eigenvalue weighted by molar-refractivity contribution is 7.89. The van der Waals surface area contributed by atoms with E-state index in [9.17, 15) is 13.2 Å². The van der Waals surface area contributed by atoms with E-state index in [1.807, 2.05) is 0 Å². The summed E-state index contributed by atoms with van der Waals surface area (Å²) in [6, 6.07) is 5.81. The molecule has 0 spiro atoms. The van der Waals surface area contributed by atoms with Crippen LogP contribution < -0.4 is 10.5 Å². The molecule has 1 radical (unpaired) electrons. The molecule has 3 N–H and O–H groups in total. The van der Waals surface area contributed by atoms with Crippen molar-refractivity contribution >= 4 is 21.6 Å². The summed E-state index contributed by atoms with van der Waals surface area (Å²) in [5, 5.41) is 7.75. The van der Waals surface area contributed by atoms with Crippen LogP contribution in [0, 0.1) is 6.42 Å². The molecule has 1 aliphatic heterocycles. The zero-order valence-electron chi connectivity index (χ0n) is 11.1. The second-order valence-corrected chi connectivity index (χ2v) is 6.32. The molecule has 0 aromatic heterocycles. The van der Waals surface area contributed by atoms with Crippen molar-refractivity contribution < 1.29 is 13.2 Å². The molecule has 0 aliphatic carbocycles. The number of sulfonamides is 1. The van der Waals surface area contributed by atoms with Crippen LogP contribution in [0.3, 0.4) is 0 Å². The predicted molar refractivity (Wildman–Crippen MR) is 76.4 cm³/mol. The second kappa shape index (κ2) is 6.34. The van der Waals surface area contributed by atoms with Crippen LogP contribution >= 0.6 is 0 Å². The first-order valence-corrected chi connectivity index (χ1v) is 7.96. The minimum absolute atomic E-state index is 0.0297. The Labute approximate surface area is 119 Å². The molecule has 7 heteroatoms. The number of carbonyl (C=O) groups excluding carboxylic acids is 1. The predicted octanol–water partition coefficient (Wildman–Crippen LogP) is 0.573. The van der Waals surface area contributed by atoms with E-state index in [1.165, 1.54) is 24.3 Å². The number of hydrogen-bond donors (Lipinski definition) is 2. The van der Waals surface area contributed by atoms with Crippen molar-refractivity contribution in [1.82, 2.24) is 4.90 Å². The van der Waals surface area contributed by atoms with Crippen LogP contribution in [0.4, 0.5) is 5.69 Å². The average Bonchev–Trinajstić information content (AvgIpc) is 2.39. The second-order valence-electron chi connectivity index (χ2n) is 4.76. The fourth-order valence-electron chi connectivity index (χ4n) is 2.09. The zero-order valence-corrected chi connectivity index (χ0v) is 11.9. The van der Waals surface area contributed by atoms with Gasteiger partial charge < -0.3 is 5.32 Å². The summed E-state index contributed by atoms with van der Waals surface area (Å²) in [6.07, 6.45) is 4.24. The van der Waals surface area contributed by atoms with Gasteiger partial charge in [0.1, 0.15) is 0 Å². The van der Waals surface area contributed by atoms with E-state index in [0.717, 1.165) is 25.9 Å². The van der Waals surface area contributed by atoms with Crippen LogP contribution in [0.1, 0.15) is 12.8 Å². The third-order valence-corrected chi connectivity index (χ3v) is 4.06. The van der Waals surface area contributed by atoms with Gasteiger partial charge in [-0.05, 0) is 56.6 Å². The summed E-state index contributed by atoms with van der Waals surface area (Å²) in [5.74, 6) is -0.102. The van der Waals surface area contributed by atoms with Crippen LogP contribution in [-0.4, -0.2) is 38.9 Å². The summed E-state index contributed by atoms with van der Waals surface area (Å²) in [4.78, 5) is 14.0. The smallest absolute Gasteiger partial charge is 0.238 e. The summed E-state index contributed by atoms with van der Waals surface area (Å²) >= 11 is 0. The van der Waals surface area contributed by atoms with Gasteiger partial charge in [0, 0.05) is 5.69 Å². The first-order chi connectivity index (χ1) is 9.45. The number of nitrogens with zero attached hydrogens (tertiary/aromatic N) is 1. The van der Waals surface area contributed by atoms with Gasteiger partial charge in [-0.3, -0.25) is 9.69 Å². The van der Waals surface area contributed by atoms with Crippen LogP contribution in [0.2, 0.25) is 0 Å². The van der Waals surface area contributed by atoms with E-state index < -0.39 is 10.0 Å². The summed E-state index contributed by atoms with van der Waals surface area (Å²) in [7, 11) is -3.70. The number of piperidine rings is 1. The van der Waals surface area contributed by atoms with E-state index in [0.29, 0.717) is 12.2 Å². The van der Waals surface area contributed by atoms with E-state index in [-0.39, 0.29) is 10.8 Å². The Morgan fingerprint density at radius 1 is 1.20 bits per heavy atom. The summed E-state index contributed by atoms with van der Waals surface area (Å²) in [5.41, 5.74) is 0.561. The van der Waals surface area contributed by atoms with Crippen molar-refractivity contribution in [1.29, 1.82) is 0 Å². The van der Waals surface area contributed by atoms with E-state index in [1.54, 1.807) is 0 Å². The molecule has 20 heavy (non-hydrogen) atoms. The van der Waals surface area contributed by atoms with Crippen molar-refractivity contribution in [3.8, 4) is 0 Å². The molecule has 2 rings (SSSR count). The molecule has 1 aromatic carbocycles. The molecule has 0 atom stereocenters. The number of nitrogens with two attached hydrogens (primary N) is 1. The number of primary sulfonamides is 1. The third-order valence-electron chi connectivity index (χ3n) is 3.13. The Bertz CT molecular complexity index is 563. The van der Waals surface area contributed by atoms with Crippen LogP contribution in [0.15, 0.2) is 29.2 Å². The van der Waals surface area contributed by atoms with E-state index >= 15 is 0 Å². The largest absolute Gasteiger partial charge is 0.325 e. The van der Waals surface area contributed by atoms with Gasteiger partial charge >= 0.3 is 0 Å². The standard InChI is InChI=1S/C13H18N3O3S/c14-20(18,19)12-6-4-11(5-7-12)15-13(17)10-16-8-2-1-3-9-16/h1,4-7H,2-3,8-10H2,(H,15,17)(H2,14,18,19). The molecule has 1 aromatic rings. The van der Waals surface area contributed by atoms with Crippen LogP contribution in [-0.2, 0) is 14.8 Å². The van der Waals surface area contributed by atoms with Crippen molar-refractivity contribution in [3.05, 3.63) is 30.7 Å². The molecule has 109 valence electrons. The van der Waals surface area contributed by atoms with Gasteiger partial charge in [-0.1, -0.05) is 0 Å².